The van der Waals surface area contributed by atoms with Crippen LogP contribution in [-0.2, 0) is 9.30 Å². The van der Waals surface area contributed by atoms with Crippen LogP contribution < -0.4 is 5.32 Å². The lowest BCUT2D eigenvalue weighted by atomic mass is 10.2. The standard InChI is InChI=1S/C7H14NO5P/c1-5(14(10,11)12)8-6(9)13-7(2,3)4/h1H2,2-4H3,(H,8,9)(H2,10,11,12). The number of ether oxygens (including phenoxy) is 1. The van der Waals surface area contributed by atoms with Crippen LogP contribution >= 0.6 is 7.60 Å². The van der Waals surface area contributed by atoms with Crippen LogP contribution in [0.15, 0.2) is 12.0 Å². The Morgan fingerprint density at radius 3 is 2.14 bits per heavy atom. The molecule has 0 saturated heterocycles. The second kappa shape index (κ2) is 4.13. The SMILES string of the molecule is C=C(NC(=O)OC(C)(C)C)P(=O)(O)O. The van der Waals surface area contributed by atoms with Crippen molar-refractivity contribution in [2.45, 2.75) is 26.4 Å². The van der Waals surface area contributed by atoms with Gasteiger partial charge in [0.05, 0.1) is 0 Å². The first-order chi connectivity index (χ1) is 6.02. The van der Waals surface area contributed by atoms with Gasteiger partial charge in [-0.05, 0) is 20.8 Å². The summed E-state index contributed by atoms with van der Waals surface area (Å²) in [6, 6.07) is 0. The topological polar surface area (TPSA) is 95.9 Å². The molecule has 7 heteroatoms. The quantitative estimate of drug-likeness (QED) is 0.610. The predicted octanol–water partition coefficient (Wildman–Crippen LogP) is 1.16. The molecule has 0 aliphatic carbocycles. The third-order valence-corrected chi connectivity index (χ3v) is 1.81. The van der Waals surface area contributed by atoms with Crippen molar-refractivity contribution >= 4 is 13.7 Å². The maximum atomic E-state index is 11.0. The van der Waals surface area contributed by atoms with Gasteiger partial charge in [0.1, 0.15) is 11.0 Å². The molecule has 0 heterocycles. The van der Waals surface area contributed by atoms with Crippen LogP contribution in [0.25, 0.3) is 0 Å². The monoisotopic (exact) mass is 223 g/mol. The third-order valence-electron chi connectivity index (χ3n) is 0.997. The molecule has 0 saturated carbocycles. The molecule has 0 radical (unpaired) electrons. The average Bonchev–Trinajstić information content (AvgIpc) is 1.79. The van der Waals surface area contributed by atoms with E-state index in [9.17, 15) is 9.36 Å². The molecule has 1 amide bonds. The Bertz CT molecular complexity index is 287. The molecule has 0 aromatic heterocycles. The Labute approximate surface area is 82.1 Å². The summed E-state index contributed by atoms with van der Waals surface area (Å²) in [6.45, 7) is 7.92. The van der Waals surface area contributed by atoms with Crippen LogP contribution in [0.3, 0.4) is 0 Å². The Hall–Kier alpha value is -0.840. The molecule has 14 heavy (non-hydrogen) atoms. The van der Waals surface area contributed by atoms with Crippen LogP contribution in [0.1, 0.15) is 20.8 Å². The highest BCUT2D eigenvalue weighted by Crippen LogP contribution is 2.41. The van der Waals surface area contributed by atoms with E-state index in [4.69, 9.17) is 14.5 Å². The van der Waals surface area contributed by atoms with Crippen LogP contribution in [0.2, 0.25) is 0 Å². The Morgan fingerprint density at radius 1 is 1.43 bits per heavy atom. The van der Waals surface area contributed by atoms with E-state index in [2.05, 4.69) is 6.58 Å². The fourth-order valence-corrected chi connectivity index (χ4v) is 0.731. The van der Waals surface area contributed by atoms with Crippen molar-refractivity contribution < 1.29 is 23.9 Å². The fourth-order valence-electron chi connectivity index (χ4n) is 0.494. The molecule has 6 nitrogen and oxygen atoms in total. The van der Waals surface area contributed by atoms with E-state index in [1.807, 2.05) is 5.32 Å². The number of rotatable bonds is 2. The molecule has 0 fully saturated rings. The van der Waals surface area contributed by atoms with Crippen molar-refractivity contribution in [2.75, 3.05) is 0 Å². The number of carbonyl (C=O) groups is 1. The second-order valence-corrected chi connectivity index (χ2v) is 5.25. The second-order valence-electron chi connectivity index (χ2n) is 3.62. The molecule has 82 valence electrons. The number of amides is 1. The van der Waals surface area contributed by atoms with E-state index in [0.29, 0.717) is 0 Å². The van der Waals surface area contributed by atoms with Gasteiger partial charge in [0.15, 0.2) is 0 Å². The summed E-state index contributed by atoms with van der Waals surface area (Å²) in [5.41, 5.74) is -1.40. The highest BCUT2D eigenvalue weighted by Gasteiger charge is 2.23. The highest BCUT2D eigenvalue weighted by atomic mass is 31.2. The minimum absolute atomic E-state index is 0.674. The number of hydrogen-bond donors (Lipinski definition) is 3. The summed E-state index contributed by atoms with van der Waals surface area (Å²) in [5.74, 6) is 0. The van der Waals surface area contributed by atoms with Crippen molar-refractivity contribution in [3.63, 3.8) is 0 Å². The van der Waals surface area contributed by atoms with E-state index >= 15 is 0 Å². The smallest absolute Gasteiger partial charge is 0.412 e. The molecule has 0 aliphatic heterocycles. The molecule has 0 atom stereocenters. The highest BCUT2D eigenvalue weighted by molar-refractivity contribution is 7.56. The molecule has 0 rings (SSSR count). The predicted molar refractivity (Wildman–Crippen MR) is 50.6 cm³/mol. The van der Waals surface area contributed by atoms with Gasteiger partial charge in [-0.25, -0.2) is 4.79 Å². The van der Waals surface area contributed by atoms with Crippen molar-refractivity contribution in [1.29, 1.82) is 0 Å². The molecule has 0 spiro atoms. The van der Waals surface area contributed by atoms with Gasteiger partial charge in [-0.3, -0.25) is 9.88 Å². The van der Waals surface area contributed by atoms with E-state index < -0.39 is 24.7 Å². The van der Waals surface area contributed by atoms with Crippen LogP contribution in [-0.4, -0.2) is 21.5 Å². The lowest BCUT2D eigenvalue weighted by molar-refractivity contribution is 0.0547. The van der Waals surface area contributed by atoms with Gasteiger partial charge in [-0.2, -0.15) is 0 Å². The van der Waals surface area contributed by atoms with Gasteiger partial charge >= 0.3 is 13.7 Å². The summed E-state index contributed by atoms with van der Waals surface area (Å²) < 4.78 is 15.3. The molecule has 3 N–H and O–H groups in total. The zero-order valence-electron chi connectivity index (χ0n) is 8.27. The first-order valence-corrected chi connectivity index (χ1v) is 5.38. The maximum Gasteiger partial charge on any atom is 0.412 e. The number of hydrogen-bond acceptors (Lipinski definition) is 3. The molecular formula is C7H14NO5P. The first kappa shape index (κ1) is 13.2. The normalized spacial score (nSPS) is 12.1. The lowest BCUT2D eigenvalue weighted by Gasteiger charge is -2.20. The van der Waals surface area contributed by atoms with E-state index in [0.717, 1.165) is 0 Å². The average molecular weight is 223 g/mol. The minimum Gasteiger partial charge on any atom is -0.444 e. The number of carbonyl (C=O) groups excluding carboxylic acids is 1. The zero-order valence-corrected chi connectivity index (χ0v) is 9.17. The van der Waals surface area contributed by atoms with Gasteiger partial charge in [0.25, 0.3) is 0 Å². The van der Waals surface area contributed by atoms with Crippen molar-refractivity contribution in [3.05, 3.63) is 12.0 Å². The Kier molecular flexibility index (Phi) is 3.88. The largest absolute Gasteiger partial charge is 0.444 e. The summed E-state index contributed by atoms with van der Waals surface area (Å²) in [7, 11) is -4.48. The van der Waals surface area contributed by atoms with Gasteiger partial charge in [-0.15, -0.1) is 0 Å². The van der Waals surface area contributed by atoms with E-state index in [-0.39, 0.29) is 0 Å². The van der Waals surface area contributed by atoms with E-state index in [1.165, 1.54) is 0 Å². The fraction of sp³-hybridized carbons (Fsp3) is 0.571. The maximum absolute atomic E-state index is 11.0. The molecule has 0 aliphatic rings. The van der Waals surface area contributed by atoms with Crippen molar-refractivity contribution in [2.24, 2.45) is 0 Å². The molecule has 0 aromatic rings. The summed E-state index contributed by atoms with van der Waals surface area (Å²) in [5, 5.41) is 1.86. The van der Waals surface area contributed by atoms with Crippen LogP contribution in [0.5, 0.6) is 0 Å². The molecule has 0 aromatic carbocycles. The molecular weight excluding hydrogens is 209 g/mol. The first-order valence-electron chi connectivity index (χ1n) is 3.77. The van der Waals surface area contributed by atoms with Crippen LogP contribution in [0, 0.1) is 0 Å². The van der Waals surface area contributed by atoms with Gasteiger partial charge in [-0.1, -0.05) is 6.58 Å². The number of alkyl carbamates (subject to hydrolysis) is 1. The summed E-state index contributed by atoms with van der Waals surface area (Å²) >= 11 is 0. The summed E-state index contributed by atoms with van der Waals surface area (Å²) in [6.07, 6.45) is -0.939. The molecule has 0 bridgehead atoms. The Balaban J connectivity index is 4.23. The minimum atomic E-state index is -4.48. The van der Waals surface area contributed by atoms with Crippen molar-refractivity contribution in [3.8, 4) is 0 Å². The summed E-state index contributed by atoms with van der Waals surface area (Å²) in [4.78, 5) is 28.1. The Morgan fingerprint density at radius 2 is 1.86 bits per heavy atom. The van der Waals surface area contributed by atoms with Gasteiger partial charge < -0.3 is 14.5 Å². The van der Waals surface area contributed by atoms with Gasteiger partial charge in [0.2, 0.25) is 0 Å². The lowest BCUT2D eigenvalue weighted by Crippen LogP contribution is -2.31. The zero-order chi connectivity index (χ0) is 11.6. The third kappa shape index (κ3) is 5.75. The number of nitrogens with one attached hydrogen (secondary N) is 1. The van der Waals surface area contributed by atoms with Gasteiger partial charge in [0, 0.05) is 0 Å². The van der Waals surface area contributed by atoms with Crippen LogP contribution in [0.4, 0.5) is 4.79 Å². The van der Waals surface area contributed by atoms with E-state index in [1.54, 1.807) is 20.8 Å². The molecule has 0 unspecified atom stereocenters. The van der Waals surface area contributed by atoms with Crippen molar-refractivity contribution in [1.82, 2.24) is 5.32 Å².